The Balaban J connectivity index is 2.30. The third-order valence-electron chi connectivity index (χ3n) is 3.50. The Bertz CT molecular complexity index is 461. The van der Waals surface area contributed by atoms with Crippen LogP contribution in [0.15, 0.2) is 12.4 Å². The number of aromatic carboxylic acids is 1. The van der Waals surface area contributed by atoms with E-state index in [1.54, 1.807) is 0 Å². The summed E-state index contributed by atoms with van der Waals surface area (Å²) in [6.45, 7) is 6.65. The third-order valence-corrected chi connectivity index (χ3v) is 3.50. The van der Waals surface area contributed by atoms with Crippen molar-refractivity contribution in [2.24, 2.45) is 0 Å². The zero-order chi connectivity index (χ0) is 13.3. The molecule has 1 saturated heterocycles. The maximum absolute atomic E-state index is 11.2. The Kier molecular flexibility index (Phi) is 3.21. The Hall–Kier alpha value is -1.69. The van der Waals surface area contributed by atoms with Gasteiger partial charge >= 0.3 is 5.97 Å². The van der Waals surface area contributed by atoms with E-state index in [1.165, 1.54) is 12.4 Å². The molecule has 98 valence electrons. The molecule has 0 spiro atoms. The van der Waals surface area contributed by atoms with E-state index in [0.717, 1.165) is 19.6 Å². The van der Waals surface area contributed by atoms with Gasteiger partial charge in [0.1, 0.15) is 0 Å². The number of hydrogen-bond acceptors (Lipinski definition) is 5. The summed E-state index contributed by atoms with van der Waals surface area (Å²) in [5.41, 5.74) is 0.0174. The number of aromatic nitrogens is 2. The molecular weight excluding hydrogens is 232 g/mol. The second kappa shape index (κ2) is 4.53. The second-order valence-corrected chi connectivity index (χ2v) is 5.19. The van der Waals surface area contributed by atoms with E-state index in [4.69, 9.17) is 5.11 Å². The first-order valence-electron chi connectivity index (χ1n) is 5.92. The van der Waals surface area contributed by atoms with E-state index in [1.807, 2.05) is 4.90 Å². The van der Waals surface area contributed by atoms with Crippen molar-refractivity contribution in [1.82, 2.24) is 14.9 Å². The average Bonchev–Trinajstić information content (AvgIpc) is 2.32. The van der Waals surface area contributed by atoms with Gasteiger partial charge < -0.3 is 10.0 Å². The lowest BCUT2D eigenvalue weighted by Crippen LogP contribution is -2.58. The molecular formula is C12H18N4O2. The van der Waals surface area contributed by atoms with Gasteiger partial charge in [-0.2, -0.15) is 0 Å². The second-order valence-electron chi connectivity index (χ2n) is 5.19. The SMILES string of the molecule is CN1CCN(c2nccnc2C(=O)O)CC1(C)C. The van der Waals surface area contributed by atoms with E-state index in [-0.39, 0.29) is 11.2 Å². The highest BCUT2D eigenvalue weighted by molar-refractivity contribution is 5.90. The van der Waals surface area contributed by atoms with Gasteiger partial charge in [0.25, 0.3) is 0 Å². The van der Waals surface area contributed by atoms with Crippen molar-refractivity contribution in [3.05, 3.63) is 18.1 Å². The molecule has 1 fully saturated rings. The van der Waals surface area contributed by atoms with Gasteiger partial charge in [0.05, 0.1) is 0 Å². The van der Waals surface area contributed by atoms with E-state index < -0.39 is 5.97 Å². The first-order chi connectivity index (χ1) is 8.42. The van der Waals surface area contributed by atoms with Gasteiger partial charge in [-0.3, -0.25) is 4.90 Å². The molecule has 1 aromatic heterocycles. The monoisotopic (exact) mass is 250 g/mol. The van der Waals surface area contributed by atoms with Gasteiger partial charge in [-0.15, -0.1) is 0 Å². The molecule has 2 rings (SSSR count). The molecule has 0 aliphatic carbocycles. The molecule has 2 heterocycles. The summed E-state index contributed by atoms with van der Waals surface area (Å²) >= 11 is 0. The normalized spacial score (nSPS) is 19.8. The number of rotatable bonds is 2. The number of nitrogens with zero attached hydrogens (tertiary/aromatic N) is 4. The highest BCUT2D eigenvalue weighted by atomic mass is 16.4. The molecule has 1 aromatic rings. The summed E-state index contributed by atoms with van der Waals surface area (Å²) in [5, 5.41) is 9.14. The van der Waals surface area contributed by atoms with Crippen LogP contribution in [0.2, 0.25) is 0 Å². The minimum absolute atomic E-state index is 0.00839. The van der Waals surface area contributed by atoms with Crippen molar-refractivity contribution in [3.8, 4) is 0 Å². The quantitative estimate of drug-likeness (QED) is 0.833. The minimum atomic E-state index is -1.03. The fraction of sp³-hybridized carbons (Fsp3) is 0.583. The molecule has 1 aliphatic heterocycles. The summed E-state index contributed by atoms with van der Waals surface area (Å²) < 4.78 is 0. The molecule has 0 bridgehead atoms. The number of carbonyl (C=O) groups is 1. The molecule has 1 aliphatic rings. The van der Waals surface area contributed by atoms with Crippen molar-refractivity contribution in [2.75, 3.05) is 31.6 Å². The lowest BCUT2D eigenvalue weighted by atomic mass is 9.99. The molecule has 0 radical (unpaired) electrons. The molecule has 1 N–H and O–H groups in total. The molecule has 6 nitrogen and oxygen atoms in total. The molecule has 0 saturated carbocycles. The molecule has 0 amide bonds. The maximum atomic E-state index is 11.2. The maximum Gasteiger partial charge on any atom is 0.358 e. The van der Waals surface area contributed by atoms with Gasteiger partial charge in [0, 0.05) is 37.6 Å². The summed E-state index contributed by atoms with van der Waals surface area (Å²) in [7, 11) is 2.08. The number of carboxylic acids is 1. The summed E-state index contributed by atoms with van der Waals surface area (Å²) in [5.74, 6) is -0.569. The van der Waals surface area contributed by atoms with Crippen LogP contribution in [0.25, 0.3) is 0 Å². The fourth-order valence-electron chi connectivity index (χ4n) is 2.13. The highest BCUT2D eigenvalue weighted by Crippen LogP contribution is 2.24. The number of anilines is 1. The van der Waals surface area contributed by atoms with Crippen LogP contribution in [0.1, 0.15) is 24.3 Å². The molecule has 0 aromatic carbocycles. The zero-order valence-corrected chi connectivity index (χ0v) is 10.9. The summed E-state index contributed by atoms with van der Waals surface area (Å²) in [4.78, 5) is 23.5. The Morgan fingerprint density at radius 2 is 2.00 bits per heavy atom. The van der Waals surface area contributed by atoms with E-state index in [2.05, 4.69) is 35.8 Å². The molecule has 18 heavy (non-hydrogen) atoms. The van der Waals surface area contributed by atoms with E-state index in [9.17, 15) is 4.79 Å². The average molecular weight is 250 g/mol. The molecule has 6 heteroatoms. The third kappa shape index (κ3) is 2.28. The lowest BCUT2D eigenvalue weighted by molar-refractivity contribution is 0.0689. The number of likely N-dealkylation sites (N-methyl/N-ethyl adjacent to an activating group) is 1. The highest BCUT2D eigenvalue weighted by Gasteiger charge is 2.33. The fourth-order valence-corrected chi connectivity index (χ4v) is 2.13. The Morgan fingerprint density at radius 3 is 2.61 bits per heavy atom. The largest absolute Gasteiger partial charge is 0.476 e. The van der Waals surface area contributed by atoms with Gasteiger partial charge in [-0.25, -0.2) is 14.8 Å². The number of piperazine rings is 1. The predicted octanol–water partition coefficient (Wildman–Crippen LogP) is 0.705. The zero-order valence-electron chi connectivity index (χ0n) is 10.9. The first kappa shape index (κ1) is 12.8. The van der Waals surface area contributed by atoms with Crippen LogP contribution in [0.4, 0.5) is 5.82 Å². The van der Waals surface area contributed by atoms with Crippen LogP contribution in [0.3, 0.4) is 0 Å². The van der Waals surface area contributed by atoms with Crippen LogP contribution < -0.4 is 4.90 Å². The molecule has 0 atom stereocenters. The van der Waals surface area contributed by atoms with Gasteiger partial charge in [-0.1, -0.05) is 0 Å². The topological polar surface area (TPSA) is 69.6 Å². The van der Waals surface area contributed by atoms with Crippen LogP contribution in [0.5, 0.6) is 0 Å². The summed E-state index contributed by atoms with van der Waals surface area (Å²) in [6, 6.07) is 0. The molecule has 0 unspecified atom stereocenters. The Labute approximate surface area is 106 Å². The van der Waals surface area contributed by atoms with Crippen LogP contribution in [-0.4, -0.2) is 58.2 Å². The van der Waals surface area contributed by atoms with Crippen molar-refractivity contribution in [2.45, 2.75) is 19.4 Å². The Morgan fingerprint density at radius 1 is 1.33 bits per heavy atom. The van der Waals surface area contributed by atoms with Gasteiger partial charge in [0.15, 0.2) is 11.5 Å². The van der Waals surface area contributed by atoms with Crippen LogP contribution in [-0.2, 0) is 0 Å². The first-order valence-corrected chi connectivity index (χ1v) is 5.92. The van der Waals surface area contributed by atoms with Crippen LogP contribution >= 0.6 is 0 Å². The van der Waals surface area contributed by atoms with Gasteiger partial charge in [-0.05, 0) is 20.9 Å². The van der Waals surface area contributed by atoms with E-state index in [0.29, 0.717) is 5.82 Å². The van der Waals surface area contributed by atoms with Crippen molar-refractivity contribution >= 4 is 11.8 Å². The predicted molar refractivity (Wildman–Crippen MR) is 67.9 cm³/mol. The van der Waals surface area contributed by atoms with Crippen molar-refractivity contribution in [3.63, 3.8) is 0 Å². The van der Waals surface area contributed by atoms with Gasteiger partial charge in [0.2, 0.25) is 0 Å². The number of carboxylic acid groups (broad SMARTS) is 1. The van der Waals surface area contributed by atoms with Crippen molar-refractivity contribution < 1.29 is 9.90 Å². The van der Waals surface area contributed by atoms with Crippen molar-refractivity contribution in [1.29, 1.82) is 0 Å². The minimum Gasteiger partial charge on any atom is -0.476 e. The van der Waals surface area contributed by atoms with Crippen LogP contribution in [0, 0.1) is 0 Å². The smallest absolute Gasteiger partial charge is 0.358 e. The lowest BCUT2D eigenvalue weighted by Gasteiger charge is -2.45. The number of hydrogen-bond donors (Lipinski definition) is 1. The van der Waals surface area contributed by atoms with E-state index >= 15 is 0 Å². The standard InChI is InChI=1S/C12H18N4O2/c1-12(2)8-16(7-6-15(12)3)10-9(11(17)18)13-4-5-14-10/h4-5H,6-8H2,1-3H3,(H,17,18). The summed E-state index contributed by atoms with van der Waals surface area (Å²) in [6.07, 6.45) is 2.95.